The van der Waals surface area contributed by atoms with Crippen molar-refractivity contribution in [3.63, 3.8) is 0 Å². The van der Waals surface area contributed by atoms with E-state index >= 15 is 0 Å². The van der Waals surface area contributed by atoms with E-state index in [9.17, 15) is 0 Å². The van der Waals surface area contributed by atoms with Gasteiger partial charge in [0.2, 0.25) is 0 Å². The molecule has 96 valence electrons. The number of rotatable bonds is 3. The summed E-state index contributed by atoms with van der Waals surface area (Å²) in [7, 11) is 0. The van der Waals surface area contributed by atoms with Gasteiger partial charge in [-0.1, -0.05) is 19.1 Å². The van der Waals surface area contributed by atoms with Gasteiger partial charge in [0.1, 0.15) is 5.75 Å². The first-order valence-electron chi connectivity index (χ1n) is 6.05. The fourth-order valence-electron chi connectivity index (χ4n) is 1.87. The van der Waals surface area contributed by atoms with E-state index in [0.29, 0.717) is 22.5 Å². The SMILES string of the molecule is CCc1ccc(Oc2ccc(N)c3nonc23)cc1. The van der Waals surface area contributed by atoms with Crippen molar-refractivity contribution in [3.8, 4) is 11.5 Å². The summed E-state index contributed by atoms with van der Waals surface area (Å²) in [5.41, 5.74) is 8.61. The Morgan fingerprint density at radius 1 is 1.05 bits per heavy atom. The molecule has 0 saturated heterocycles. The molecule has 0 bridgehead atoms. The molecule has 0 spiro atoms. The van der Waals surface area contributed by atoms with Crippen molar-refractivity contribution >= 4 is 16.7 Å². The average Bonchev–Trinajstić information content (AvgIpc) is 2.93. The van der Waals surface area contributed by atoms with Gasteiger partial charge in [-0.3, -0.25) is 0 Å². The van der Waals surface area contributed by atoms with Crippen molar-refractivity contribution in [2.75, 3.05) is 5.73 Å². The van der Waals surface area contributed by atoms with E-state index in [4.69, 9.17) is 15.1 Å². The molecule has 0 aliphatic carbocycles. The Hall–Kier alpha value is -2.56. The van der Waals surface area contributed by atoms with E-state index in [-0.39, 0.29) is 0 Å². The summed E-state index contributed by atoms with van der Waals surface area (Å²) < 4.78 is 10.5. The molecule has 0 radical (unpaired) electrons. The summed E-state index contributed by atoms with van der Waals surface area (Å²) in [4.78, 5) is 0. The minimum Gasteiger partial charge on any atom is -0.455 e. The van der Waals surface area contributed by atoms with Crippen LogP contribution in [-0.2, 0) is 6.42 Å². The number of nitrogens with zero attached hydrogens (tertiary/aromatic N) is 2. The molecule has 0 aliphatic heterocycles. The molecule has 0 aliphatic rings. The van der Waals surface area contributed by atoms with Crippen LogP contribution in [0.1, 0.15) is 12.5 Å². The van der Waals surface area contributed by atoms with Gasteiger partial charge in [-0.25, -0.2) is 4.63 Å². The first kappa shape index (κ1) is 11.5. The lowest BCUT2D eigenvalue weighted by atomic mass is 10.2. The van der Waals surface area contributed by atoms with E-state index in [1.807, 2.05) is 24.3 Å². The van der Waals surface area contributed by atoms with Crippen LogP contribution in [0.5, 0.6) is 11.5 Å². The maximum absolute atomic E-state index is 5.79. The number of aromatic nitrogens is 2. The largest absolute Gasteiger partial charge is 0.455 e. The van der Waals surface area contributed by atoms with Crippen LogP contribution >= 0.6 is 0 Å². The normalized spacial score (nSPS) is 10.8. The van der Waals surface area contributed by atoms with Gasteiger partial charge in [-0.05, 0) is 46.6 Å². The molecule has 2 aromatic carbocycles. The third-order valence-electron chi connectivity index (χ3n) is 2.97. The van der Waals surface area contributed by atoms with E-state index in [2.05, 4.69) is 17.2 Å². The van der Waals surface area contributed by atoms with Crippen molar-refractivity contribution < 1.29 is 9.37 Å². The zero-order chi connectivity index (χ0) is 13.2. The third kappa shape index (κ3) is 2.10. The molecule has 1 aromatic heterocycles. The lowest BCUT2D eigenvalue weighted by Crippen LogP contribution is -1.90. The summed E-state index contributed by atoms with van der Waals surface area (Å²) in [6.45, 7) is 2.11. The van der Waals surface area contributed by atoms with Crippen molar-refractivity contribution in [1.29, 1.82) is 0 Å². The Morgan fingerprint density at radius 2 is 1.79 bits per heavy atom. The quantitative estimate of drug-likeness (QED) is 0.727. The van der Waals surface area contributed by atoms with Crippen LogP contribution in [0.4, 0.5) is 5.69 Å². The lowest BCUT2D eigenvalue weighted by molar-refractivity contribution is 0.314. The van der Waals surface area contributed by atoms with Gasteiger partial charge < -0.3 is 10.5 Å². The van der Waals surface area contributed by atoms with E-state index in [1.54, 1.807) is 12.1 Å². The molecule has 2 N–H and O–H groups in total. The number of benzene rings is 2. The van der Waals surface area contributed by atoms with Gasteiger partial charge in [-0.2, -0.15) is 0 Å². The molecular formula is C14H13N3O2. The highest BCUT2D eigenvalue weighted by Gasteiger charge is 2.11. The molecule has 0 fully saturated rings. The van der Waals surface area contributed by atoms with E-state index < -0.39 is 0 Å². The highest BCUT2D eigenvalue weighted by atomic mass is 16.6. The molecule has 3 aromatic rings. The van der Waals surface area contributed by atoms with Crippen LogP contribution in [0.2, 0.25) is 0 Å². The minimum absolute atomic E-state index is 0.516. The van der Waals surface area contributed by atoms with Gasteiger partial charge in [0, 0.05) is 0 Å². The van der Waals surface area contributed by atoms with Gasteiger partial charge >= 0.3 is 0 Å². The van der Waals surface area contributed by atoms with Crippen LogP contribution < -0.4 is 10.5 Å². The Labute approximate surface area is 109 Å². The lowest BCUT2D eigenvalue weighted by Gasteiger charge is -2.06. The number of fused-ring (bicyclic) bond motifs is 1. The molecule has 19 heavy (non-hydrogen) atoms. The van der Waals surface area contributed by atoms with Crippen molar-refractivity contribution in [3.05, 3.63) is 42.0 Å². The number of nitrogen functional groups attached to an aromatic ring is 1. The summed E-state index contributed by atoms with van der Waals surface area (Å²) in [5, 5.41) is 7.58. The molecule has 5 nitrogen and oxygen atoms in total. The smallest absolute Gasteiger partial charge is 0.179 e. The molecule has 0 amide bonds. The maximum Gasteiger partial charge on any atom is 0.179 e. The minimum atomic E-state index is 0.516. The standard InChI is InChI=1S/C14H13N3O2/c1-2-9-3-5-10(6-4-9)18-12-8-7-11(15)13-14(12)17-19-16-13/h3-8H,2,15H2,1H3. The summed E-state index contributed by atoms with van der Waals surface area (Å²) in [6.07, 6.45) is 1.000. The average molecular weight is 255 g/mol. The maximum atomic E-state index is 5.79. The van der Waals surface area contributed by atoms with E-state index in [1.165, 1.54) is 5.56 Å². The number of aryl methyl sites for hydroxylation is 1. The van der Waals surface area contributed by atoms with Crippen LogP contribution in [0.3, 0.4) is 0 Å². The monoisotopic (exact) mass is 255 g/mol. The molecular weight excluding hydrogens is 242 g/mol. The highest BCUT2D eigenvalue weighted by molar-refractivity contribution is 5.90. The summed E-state index contributed by atoms with van der Waals surface area (Å²) >= 11 is 0. The fraction of sp³-hybridized carbons (Fsp3) is 0.143. The Bertz CT molecular complexity index is 704. The highest BCUT2D eigenvalue weighted by Crippen LogP contribution is 2.30. The second kappa shape index (κ2) is 4.61. The van der Waals surface area contributed by atoms with Crippen LogP contribution in [0.15, 0.2) is 41.0 Å². The van der Waals surface area contributed by atoms with Gasteiger partial charge in [-0.15, -0.1) is 0 Å². The van der Waals surface area contributed by atoms with Gasteiger partial charge in [0.15, 0.2) is 16.8 Å². The first-order valence-corrected chi connectivity index (χ1v) is 6.05. The molecule has 0 saturated carbocycles. The summed E-state index contributed by atoms with van der Waals surface area (Å²) in [6, 6.07) is 11.4. The van der Waals surface area contributed by atoms with Crippen molar-refractivity contribution in [2.45, 2.75) is 13.3 Å². The zero-order valence-electron chi connectivity index (χ0n) is 10.5. The van der Waals surface area contributed by atoms with Crippen LogP contribution in [-0.4, -0.2) is 10.3 Å². The Kier molecular flexibility index (Phi) is 2.79. The Balaban J connectivity index is 1.96. The van der Waals surface area contributed by atoms with Crippen LogP contribution in [0.25, 0.3) is 11.0 Å². The zero-order valence-corrected chi connectivity index (χ0v) is 10.5. The predicted octanol–water partition coefficient (Wildman–Crippen LogP) is 3.16. The van der Waals surface area contributed by atoms with Crippen molar-refractivity contribution in [2.24, 2.45) is 0 Å². The number of hydrogen-bond donors (Lipinski definition) is 1. The molecule has 3 rings (SSSR count). The summed E-state index contributed by atoms with van der Waals surface area (Å²) in [5.74, 6) is 1.32. The Morgan fingerprint density at radius 3 is 2.53 bits per heavy atom. The van der Waals surface area contributed by atoms with Crippen molar-refractivity contribution in [1.82, 2.24) is 10.3 Å². The first-order chi connectivity index (χ1) is 9.28. The molecule has 1 heterocycles. The predicted molar refractivity (Wildman–Crippen MR) is 72.1 cm³/mol. The number of anilines is 1. The molecule has 0 atom stereocenters. The third-order valence-corrected chi connectivity index (χ3v) is 2.97. The second-order valence-electron chi connectivity index (χ2n) is 4.21. The molecule has 0 unspecified atom stereocenters. The number of hydrogen-bond acceptors (Lipinski definition) is 5. The number of ether oxygens (including phenoxy) is 1. The van der Waals surface area contributed by atoms with Crippen LogP contribution in [0, 0.1) is 0 Å². The topological polar surface area (TPSA) is 74.2 Å². The van der Waals surface area contributed by atoms with Gasteiger partial charge in [0.25, 0.3) is 0 Å². The van der Waals surface area contributed by atoms with E-state index in [0.717, 1.165) is 12.2 Å². The number of nitrogens with two attached hydrogens (primary N) is 1. The molecule has 5 heteroatoms. The van der Waals surface area contributed by atoms with Gasteiger partial charge in [0.05, 0.1) is 5.69 Å². The fourth-order valence-corrected chi connectivity index (χ4v) is 1.87. The second-order valence-corrected chi connectivity index (χ2v) is 4.21.